The summed E-state index contributed by atoms with van der Waals surface area (Å²) in [6.45, 7) is 1.37. The largest absolute Gasteiger partial charge is 0.492 e. The quantitative estimate of drug-likeness (QED) is 0.544. The number of aromatic nitrogens is 5. The Hall–Kier alpha value is -3.41. The first-order chi connectivity index (χ1) is 12.4. The second-order valence-electron chi connectivity index (χ2n) is 5.51. The monoisotopic (exact) mass is 331 g/mol. The van der Waals surface area contributed by atoms with E-state index < -0.39 is 0 Å². The highest BCUT2D eigenvalue weighted by molar-refractivity contribution is 5.57. The second-order valence-corrected chi connectivity index (χ2v) is 5.51. The van der Waals surface area contributed by atoms with Crippen molar-refractivity contribution in [2.45, 2.75) is 6.54 Å². The van der Waals surface area contributed by atoms with Gasteiger partial charge in [0.15, 0.2) is 0 Å². The molecule has 0 aliphatic rings. The lowest BCUT2D eigenvalue weighted by Gasteiger charge is -2.10. The Bertz CT molecular complexity index is 914. The Morgan fingerprint density at radius 2 is 1.84 bits per heavy atom. The van der Waals surface area contributed by atoms with Crippen molar-refractivity contribution < 1.29 is 4.74 Å². The van der Waals surface area contributed by atoms with Crippen LogP contribution in [-0.4, -0.2) is 30.7 Å². The molecule has 0 amide bonds. The van der Waals surface area contributed by atoms with E-state index in [1.807, 2.05) is 64.1 Å². The van der Waals surface area contributed by atoms with Crippen LogP contribution in [0.1, 0.15) is 0 Å². The zero-order valence-electron chi connectivity index (χ0n) is 13.6. The molecule has 0 aliphatic heterocycles. The molecule has 0 unspecified atom stereocenters. The van der Waals surface area contributed by atoms with Crippen LogP contribution in [0.5, 0.6) is 5.75 Å². The van der Waals surface area contributed by atoms with Crippen molar-refractivity contribution in [3.05, 3.63) is 79.9 Å². The maximum absolute atomic E-state index is 5.78. The highest BCUT2D eigenvalue weighted by atomic mass is 16.5. The second kappa shape index (κ2) is 7.00. The lowest BCUT2D eigenvalue weighted by molar-refractivity contribution is 0.298. The molecular weight excluding hydrogens is 314 g/mol. The Balaban J connectivity index is 1.47. The summed E-state index contributed by atoms with van der Waals surface area (Å²) in [5.74, 6) is 1.70. The van der Waals surface area contributed by atoms with Crippen molar-refractivity contribution in [2.24, 2.45) is 0 Å². The third kappa shape index (κ3) is 3.42. The molecule has 4 aromatic rings. The summed E-state index contributed by atoms with van der Waals surface area (Å²) < 4.78 is 9.80. The van der Waals surface area contributed by atoms with Crippen LogP contribution in [0.4, 0.5) is 0 Å². The fourth-order valence-electron chi connectivity index (χ4n) is 2.61. The molecule has 6 nitrogen and oxygen atoms in total. The van der Waals surface area contributed by atoms with Crippen LogP contribution in [0.15, 0.2) is 79.9 Å². The molecule has 0 atom stereocenters. The van der Waals surface area contributed by atoms with Gasteiger partial charge >= 0.3 is 0 Å². The molecule has 0 aliphatic carbocycles. The highest BCUT2D eigenvalue weighted by Crippen LogP contribution is 2.22. The molecule has 6 heteroatoms. The third-order valence-electron chi connectivity index (χ3n) is 3.85. The standard InChI is InChI=1S/C19H17N5O/c1-2-16(14-20-7-1)19-22-9-11-24(19)17-3-5-18(6-4-17)25-13-12-23-10-8-21-15-23/h1-11,14-15H,12-13H2. The summed E-state index contributed by atoms with van der Waals surface area (Å²) in [6, 6.07) is 11.9. The molecule has 3 aromatic heterocycles. The molecular formula is C19H17N5O. The average molecular weight is 331 g/mol. The first-order valence-corrected chi connectivity index (χ1v) is 8.03. The van der Waals surface area contributed by atoms with Gasteiger partial charge in [0.1, 0.15) is 18.2 Å². The summed E-state index contributed by atoms with van der Waals surface area (Å²) in [4.78, 5) is 12.6. The van der Waals surface area contributed by atoms with Crippen LogP contribution in [0.3, 0.4) is 0 Å². The van der Waals surface area contributed by atoms with Crippen molar-refractivity contribution in [2.75, 3.05) is 6.61 Å². The van der Waals surface area contributed by atoms with Crippen LogP contribution in [0.25, 0.3) is 17.1 Å². The van der Waals surface area contributed by atoms with Gasteiger partial charge in [-0.05, 0) is 36.4 Å². The van der Waals surface area contributed by atoms with E-state index in [2.05, 4.69) is 15.0 Å². The molecule has 25 heavy (non-hydrogen) atoms. The van der Waals surface area contributed by atoms with Crippen molar-refractivity contribution in [3.63, 3.8) is 0 Å². The number of hydrogen-bond donors (Lipinski definition) is 0. The molecule has 0 spiro atoms. The SMILES string of the molecule is c1cncc(-c2nccn2-c2ccc(OCCn3ccnc3)cc2)c1. The summed E-state index contributed by atoms with van der Waals surface area (Å²) in [6.07, 6.45) is 12.8. The van der Waals surface area contributed by atoms with Gasteiger partial charge in [0, 0.05) is 48.4 Å². The Morgan fingerprint density at radius 1 is 0.920 bits per heavy atom. The molecule has 4 rings (SSSR count). The summed E-state index contributed by atoms with van der Waals surface area (Å²) in [5.41, 5.74) is 2.01. The molecule has 0 fully saturated rings. The maximum atomic E-state index is 5.78. The van der Waals surface area contributed by atoms with E-state index in [1.54, 1.807) is 24.9 Å². The molecule has 0 N–H and O–H groups in total. The van der Waals surface area contributed by atoms with Crippen LogP contribution in [-0.2, 0) is 6.54 Å². The first-order valence-electron chi connectivity index (χ1n) is 8.03. The zero-order valence-corrected chi connectivity index (χ0v) is 13.6. The number of imidazole rings is 2. The van der Waals surface area contributed by atoms with Crippen molar-refractivity contribution in [1.29, 1.82) is 0 Å². The number of ether oxygens (including phenoxy) is 1. The smallest absolute Gasteiger partial charge is 0.146 e. The minimum Gasteiger partial charge on any atom is -0.492 e. The van der Waals surface area contributed by atoms with Gasteiger partial charge in [0.2, 0.25) is 0 Å². The molecule has 0 radical (unpaired) electrons. The topological polar surface area (TPSA) is 57.8 Å². The van der Waals surface area contributed by atoms with E-state index in [0.717, 1.165) is 29.4 Å². The summed E-state index contributed by atoms with van der Waals surface area (Å²) in [7, 11) is 0. The van der Waals surface area contributed by atoms with Crippen LogP contribution < -0.4 is 4.74 Å². The Labute approximate surface area is 145 Å². The molecule has 0 bridgehead atoms. The van der Waals surface area contributed by atoms with Gasteiger partial charge in [-0.2, -0.15) is 0 Å². The number of hydrogen-bond acceptors (Lipinski definition) is 4. The molecule has 124 valence electrons. The fraction of sp³-hybridized carbons (Fsp3) is 0.105. The maximum Gasteiger partial charge on any atom is 0.146 e. The van der Waals surface area contributed by atoms with E-state index in [1.165, 1.54) is 0 Å². The van der Waals surface area contributed by atoms with Crippen LogP contribution in [0.2, 0.25) is 0 Å². The summed E-state index contributed by atoms with van der Waals surface area (Å²) in [5, 5.41) is 0. The number of benzene rings is 1. The molecule has 1 aromatic carbocycles. The number of rotatable bonds is 6. The number of pyridine rings is 1. The first kappa shape index (κ1) is 15.1. The van der Waals surface area contributed by atoms with Gasteiger partial charge in [-0.1, -0.05) is 0 Å². The van der Waals surface area contributed by atoms with Gasteiger partial charge in [0.25, 0.3) is 0 Å². The van der Waals surface area contributed by atoms with Crippen molar-refractivity contribution in [3.8, 4) is 22.8 Å². The average Bonchev–Trinajstić information content (AvgIpc) is 3.35. The van der Waals surface area contributed by atoms with E-state index in [9.17, 15) is 0 Å². The van der Waals surface area contributed by atoms with Crippen molar-refractivity contribution in [1.82, 2.24) is 24.1 Å². The summed E-state index contributed by atoms with van der Waals surface area (Å²) >= 11 is 0. The molecule has 0 saturated heterocycles. The lowest BCUT2D eigenvalue weighted by Crippen LogP contribution is -2.06. The van der Waals surface area contributed by atoms with E-state index in [0.29, 0.717) is 6.61 Å². The normalized spacial score (nSPS) is 10.7. The van der Waals surface area contributed by atoms with Crippen molar-refractivity contribution >= 4 is 0 Å². The van der Waals surface area contributed by atoms with Gasteiger partial charge < -0.3 is 9.30 Å². The third-order valence-corrected chi connectivity index (χ3v) is 3.85. The van der Waals surface area contributed by atoms with E-state index in [4.69, 9.17) is 4.74 Å². The zero-order chi connectivity index (χ0) is 16.9. The Morgan fingerprint density at radius 3 is 2.60 bits per heavy atom. The van der Waals surface area contributed by atoms with E-state index in [-0.39, 0.29) is 0 Å². The predicted octanol–water partition coefficient (Wildman–Crippen LogP) is 3.21. The van der Waals surface area contributed by atoms with Gasteiger partial charge in [-0.25, -0.2) is 9.97 Å². The molecule has 0 saturated carbocycles. The Kier molecular flexibility index (Phi) is 4.24. The van der Waals surface area contributed by atoms with Crippen LogP contribution in [0, 0.1) is 0 Å². The van der Waals surface area contributed by atoms with Gasteiger partial charge in [0.05, 0.1) is 12.9 Å². The minimum atomic E-state index is 0.599. The fourth-order valence-corrected chi connectivity index (χ4v) is 2.61. The highest BCUT2D eigenvalue weighted by Gasteiger charge is 2.07. The van der Waals surface area contributed by atoms with Gasteiger partial charge in [-0.15, -0.1) is 0 Å². The van der Waals surface area contributed by atoms with E-state index >= 15 is 0 Å². The predicted molar refractivity (Wildman–Crippen MR) is 94.5 cm³/mol. The lowest BCUT2D eigenvalue weighted by atomic mass is 10.2. The minimum absolute atomic E-state index is 0.599. The number of nitrogens with zero attached hydrogens (tertiary/aromatic N) is 5. The van der Waals surface area contributed by atoms with Gasteiger partial charge in [-0.3, -0.25) is 9.55 Å². The molecule has 3 heterocycles. The van der Waals surface area contributed by atoms with Crippen LogP contribution >= 0.6 is 0 Å².